The molecule has 0 aliphatic heterocycles. The van der Waals surface area contributed by atoms with E-state index in [1.54, 1.807) is 0 Å². The lowest BCUT2D eigenvalue weighted by atomic mass is 9.82. The summed E-state index contributed by atoms with van der Waals surface area (Å²) in [5, 5.41) is 9.82. The summed E-state index contributed by atoms with van der Waals surface area (Å²) >= 11 is 0. The molecule has 19 heavy (non-hydrogen) atoms. The van der Waals surface area contributed by atoms with Gasteiger partial charge in [0.05, 0.1) is 12.2 Å². The minimum absolute atomic E-state index is 0.265. The molecular formula is C17H24O2. The summed E-state index contributed by atoms with van der Waals surface area (Å²) < 4.78 is 6.17. The minimum Gasteiger partial charge on any atom is -0.490 e. The molecule has 1 aromatic rings. The van der Waals surface area contributed by atoms with Crippen LogP contribution >= 0.6 is 0 Å². The molecule has 0 radical (unpaired) electrons. The lowest BCUT2D eigenvalue weighted by molar-refractivity contribution is 0.101. The first-order valence-electron chi connectivity index (χ1n) is 7.59. The number of hydrogen-bond acceptors (Lipinski definition) is 2. The van der Waals surface area contributed by atoms with Crippen molar-refractivity contribution in [2.75, 3.05) is 0 Å². The number of fused-ring (bicyclic) bond motifs is 1. The summed E-state index contributed by atoms with van der Waals surface area (Å²) in [6.07, 6.45) is 5.60. The maximum absolute atomic E-state index is 9.82. The van der Waals surface area contributed by atoms with Crippen LogP contribution in [0.4, 0.5) is 0 Å². The molecule has 0 spiro atoms. The van der Waals surface area contributed by atoms with E-state index in [9.17, 15) is 5.11 Å². The van der Waals surface area contributed by atoms with Crippen LogP contribution in [0, 0.1) is 11.8 Å². The zero-order valence-electron chi connectivity index (χ0n) is 11.9. The standard InChI is InChI=1S/C17H24O2/c1-11-7-12(2)9-15(8-11)19-14-4-5-16-13(10-14)3-6-17(16)18/h4-5,10-12,15,17-18H,3,6-9H2,1-2H3/t11?,12?,15?,17-/m1/s1. The van der Waals surface area contributed by atoms with E-state index < -0.39 is 0 Å². The Balaban J connectivity index is 1.70. The molecule has 2 unspecified atom stereocenters. The summed E-state index contributed by atoms with van der Waals surface area (Å²) in [6, 6.07) is 6.20. The van der Waals surface area contributed by atoms with Gasteiger partial charge in [0, 0.05) is 0 Å². The van der Waals surface area contributed by atoms with Crippen molar-refractivity contribution in [3.05, 3.63) is 29.3 Å². The van der Waals surface area contributed by atoms with Gasteiger partial charge in [-0.05, 0) is 67.2 Å². The third-order valence-electron chi connectivity index (χ3n) is 4.60. The molecule has 2 heteroatoms. The molecular weight excluding hydrogens is 236 g/mol. The Bertz CT molecular complexity index is 445. The van der Waals surface area contributed by atoms with E-state index in [0.29, 0.717) is 6.10 Å². The highest BCUT2D eigenvalue weighted by atomic mass is 16.5. The second-order valence-corrected chi connectivity index (χ2v) is 6.57. The largest absolute Gasteiger partial charge is 0.490 e. The first-order valence-corrected chi connectivity index (χ1v) is 7.59. The van der Waals surface area contributed by atoms with Crippen LogP contribution in [-0.2, 0) is 6.42 Å². The zero-order valence-corrected chi connectivity index (χ0v) is 11.9. The topological polar surface area (TPSA) is 29.5 Å². The highest BCUT2D eigenvalue weighted by molar-refractivity contribution is 5.39. The van der Waals surface area contributed by atoms with Crippen LogP contribution in [0.25, 0.3) is 0 Å². The molecule has 2 aliphatic rings. The van der Waals surface area contributed by atoms with Gasteiger partial charge in [-0.1, -0.05) is 19.9 Å². The van der Waals surface area contributed by atoms with E-state index in [1.165, 1.54) is 24.8 Å². The lowest BCUT2D eigenvalue weighted by Gasteiger charge is -2.31. The zero-order chi connectivity index (χ0) is 13.4. The van der Waals surface area contributed by atoms with Crippen LogP contribution in [0.5, 0.6) is 5.75 Å². The number of rotatable bonds is 2. The van der Waals surface area contributed by atoms with E-state index in [-0.39, 0.29) is 6.10 Å². The van der Waals surface area contributed by atoms with Crippen molar-refractivity contribution in [3.63, 3.8) is 0 Å². The summed E-state index contributed by atoms with van der Waals surface area (Å²) in [5.41, 5.74) is 2.36. The van der Waals surface area contributed by atoms with Gasteiger partial charge in [0.2, 0.25) is 0 Å². The number of benzene rings is 1. The van der Waals surface area contributed by atoms with Gasteiger partial charge in [-0.3, -0.25) is 0 Å². The van der Waals surface area contributed by atoms with Crippen LogP contribution in [0.2, 0.25) is 0 Å². The fourth-order valence-electron chi connectivity index (χ4n) is 3.81. The Labute approximate surface area is 115 Å². The summed E-state index contributed by atoms with van der Waals surface area (Å²) in [5.74, 6) is 2.52. The molecule has 104 valence electrons. The van der Waals surface area contributed by atoms with Crippen molar-refractivity contribution in [2.24, 2.45) is 11.8 Å². The molecule has 1 aromatic carbocycles. The van der Waals surface area contributed by atoms with Gasteiger partial charge in [-0.2, -0.15) is 0 Å². The Morgan fingerprint density at radius 3 is 2.58 bits per heavy atom. The highest BCUT2D eigenvalue weighted by Gasteiger charge is 2.26. The maximum Gasteiger partial charge on any atom is 0.120 e. The van der Waals surface area contributed by atoms with Crippen LogP contribution in [0.1, 0.15) is 56.8 Å². The summed E-state index contributed by atoms with van der Waals surface area (Å²) in [4.78, 5) is 0. The van der Waals surface area contributed by atoms with Gasteiger partial charge in [0.25, 0.3) is 0 Å². The van der Waals surface area contributed by atoms with E-state index in [2.05, 4.69) is 19.9 Å². The third kappa shape index (κ3) is 2.79. The van der Waals surface area contributed by atoms with Gasteiger partial charge in [0.15, 0.2) is 0 Å². The van der Waals surface area contributed by atoms with Crippen LogP contribution in [0.15, 0.2) is 18.2 Å². The predicted molar refractivity (Wildman–Crippen MR) is 76.3 cm³/mol. The number of ether oxygens (including phenoxy) is 1. The SMILES string of the molecule is CC1CC(C)CC(Oc2ccc3c(c2)CC[C@H]3O)C1. The molecule has 0 aromatic heterocycles. The van der Waals surface area contributed by atoms with Gasteiger partial charge >= 0.3 is 0 Å². The first-order chi connectivity index (χ1) is 9.11. The smallest absolute Gasteiger partial charge is 0.120 e. The second kappa shape index (κ2) is 5.16. The van der Waals surface area contributed by atoms with E-state index >= 15 is 0 Å². The van der Waals surface area contributed by atoms with Crippen molar-refractivity contribution in [1.29, 1.82) is 0 Å². The summed E-state index contributed by atoms with van der Waals surface area (Å²) in [6.45, 7) is 4.65. The van der Waals surface area contributed by atoms with Crippen LogP contribution < -0.4 is 4.74 Å². The van der Waals surface area contributed by atoms with Gasteiger partial charge in [-0.15, -0.1) is 0 Å². The number of aryl methyl sites for hydroxylation is 1. The van der Waals surface area contributed by atoms with Gasteiger partial charge in [-0.25, -0.2) is 0 Å². The van der Waals surface area contributed by atoms with Crippen molar-refractivity contribution < 1.29 is 9.84 Å². The minimum atomic E-state index is -0.265. The van der Waals surface area contributed by atoms with Gasteiger partial charge in [0.1, 0.15) is 5.75 Å². The second-order valence-electron chi connectivity index (χ2n) is 6.57. The van der Waals surface area contributed by atoms with E-state index in [0.717, 1.165) is 36.0 Å². The molecule has 0 saturated heterocycles. The average Bonchev–Trinajstić information content (AvgIpc) is 2.69. The lowest BCUT2D eigenvalue weighted by Crippen LogP contribution is -2.28. The molecule has 0 heterocycles. The van der Waals surface area contributed by atoms with Crippen molar-refractivity contribution in [1.82, 2.24) is 0 Å². The number of aliphatic hydroxyl groups is 1. The third-order valence-corrected chi connectivity index (χ3v) is 4.60. The molecule has 2 nitrogen and oxygen atoms in total. The average molecular weight is 260 g/mol. The fourth-order valence-corrected chi connectivity index (χ4v) is 3.81. The Morgan fingerprint density at radius 2 is 1.84 bits per heavy atom. The van der Waals surface area contributed by atoms with E-state index in [4.69, 9.17) is 4.74 Å². The molecule has 1 fully saturated rings. The Kier molecular flexibility index (Phi) is 3.53. The Morgan fingerprint density at radius 1 is 1.11 bits per heavy atom. The summed E-state index contributed by atoms with van der Waals surface area (Å²) in [7, 11) is 0. The molecule has 0 amide bonds. The quantitative estimate of drug-likeness (QED) is 0.874. The highest BCUT2D eigenvalue weighted by Crippen LogP contribution is 2.35. The van der Waals surface area contributed by atoms with Crippen molar-refractivity contribution in [3.8, 4) is 5.75 Å². The van der Waals surface area contributed by atoms with Crippen LogP contribution in [0.3, 0.4) is 0 Å². The van der Waals surface area contributed by atoms with Crippen molar-refractivity contribution >= 4 is 0 Å². The number of aliphatic hydroxyl groups excluding tert-OH is 1. The molecule has 1 saturated carbocycles. The first kappa shape index (κ1) is 13.0. The normalized spacial score (nSPS) is 34.1. The van der Waals surface area contributed by atoms with E-state index in [1.807, 2.05) is 12.1 Å². The molecule has 1 N–H and O–H groups in total. The molecule has 3 atom stereocenters. The molecule has 3 rings (SSSR count). The molecule has 2 aliphatic carbocycles. The molecule has 0 bridgehead atoms. The maximum atomic E-state index is 9.82. The van der Waals surface area contributed by atoms with Crippen LogP contribution in [-0.4, -0.2) is 11.2 Å². The Hall–Kier alpha value is -1.02. The van der Waals surface area contributed by atoms with Crippen molar-refractivity contribution in [2.45, 2.75) is 58.2 Å². The van der Waals surface area contributed by atoms with Gasteiger partial charge < -0.3 is 9.84 Å². The monoisotopic (exact) mass is 260 g/mol. The predicted octanol–water partition coefficient (Wildman–Crippen LogP) is 3.87. The fraction of sp³-hybridized carbons (Fsp3) is 0.647. The number of hydrogen-bond donors (Lipinski definition) is 1.